The number of sulfonamides is 1. The number of hydrogen-bond acceptors (Lipinski definition) is 5. The van der Waals surface area contributed by atoms with Gasteiger partial charge in [0, 0.05) is 10.0 Å². The molecule has 0 amide bonds. The van der Waals surface area contributed by atoms with Crippen LogP contribution in [0.3, 0.4) is 0 Å². The van der Waals surface area contributed by atoms with Crippen LogP contribution in [-0.4, -0.2) is 27.3 Å². The highest BCUT2D eigenvalue weighted by Crippen LogP contribution is 2.24. The Morgan fingerprint density at radius 1 is 1.15 bits per heavy atom. The number of ketones is 1. The fourth-order valence-electron chi connectivity index (χ4n) is 2.34. The molecule has 8 heteroatoms. The van der Waals surface area contributed by atoms with Crippen LogP contribution in [0.15, 0.2) is 57.9 Å². The third-order valence-electron chi connectivity index (χ3n) is 3.70. The summed E-state index contributed by atoms with van der Waals surface area (Å²) in [5.41, 5.74) is 0.899. The lowest BCUT2D eigenvalue weighted by atomic mass is 10.1. The first-order valence-corrected chi connectivity index (χ1v) is 9.96. The Morgan fingerprint density at radius 2 is 1.85 bits per heavy atom. The Bertz CT molecular complexity index is 927. The van der Waals surface area contributed by atoms with E-state index in [2.05, 4.69) is 25.4 Å². The van der Waals surface area contributed by atoms with Crippen LogP contribution in [0, 0.1) is 0 Å². The lowest BCUT2D eigenvalue weighted by Crippen LogP contribution is -2.30. The molecule has 2 aromatic carbocycles. The molecule has 0 spiro atoms. The average Bonchev–Trinajstić information content (AvgIpc) is 2.61. The molecule has 0 aliphatic carbocycles. The van der Waals surface area contributed by atoms with Crippen molar-refractivity contribution in [3.05, 3.63) is 64.1 Å². The van der Waals surface area contributed by atoms with Crippen LogP contribution < -0.4 is 4.72 Å². The summed E-state index contributed by atoms with van der Waals surface area (Å²) in [4.78, 5) is 23.2. The van der Waals surface area contributed by atoms with Gasteiger partial charge in [-0.25, -0.2) is 13.1 Å². The van der Waals surface area contributed by atoms with E-state index in [9.17, 15) is 18.0 Å². The first-order chi connectivity index (χ1) is 12.2. The van der Waals surface area contributed by atoms with Crippen molar-refractivity contribution < 1.29 is 22.7 Å². The quantitative estimate of drug-likeness (QED) is 0.528. The molecular formula is C18H18BrNO5S. The minimum absolute atomic E-state index is 0.0462. The number of esters is 1. The molecule has 0 saturated heterocycles. The maximum atomic E-state index is 12.8. The number of hydrogen-bond donors (Lipinski definition) is 1. The number of Topliss-reactive ketones (excluding diaryl/α,β-unsaturated/α-hetero) is 1. The van der Waals surface area contributed by atoms with E-state index < -0.39 is 22.0 Å². The fraction of sp³-hybridized carbons (Fsp3) is 0.222. The normalized spacial score (nSPS) is 12.4. The van der Waals surface area contributed by atoms with Gasteiger partial charge in [-0.2, -0.15) is 0 Å². The van der Waals surface area contributed by atoms with E-state index in [0.717, 1.165) is 4.47 Å². The number of nitrogens with one attached hydrogen (secondary N) is 1. The molecule has 0 radical (unpaired) electrons. The first-order valence-electron chi connectivity index (χ1n) is 7.68. The summed E-state index contributed by atoms with van der Waals surface area (Å²) < 4.78 is 33.5. The van der Waals surface area contributed by atoms with Crippen molar-refractivity contribution >= 4 is 37.7 Å². The molecule has 0 fully saturated rings. The molecule has 1 N–H and O–H groups in total. The standard InChI is InChI=1S/C18H18BrNO5S/c1-12(21)13-5-4-8-16(10-13)26(23,24)20-17(11-18(22)25-2)14-6-3-7-15(19)9-14/h3-10,17,20H,11H2,1-2H3/t17-/m0/s1. The third kappa shape index (κ3) is 5.23. The van der Waals surface area contributed by atoms with Gasteiger partial charge >= 0.3 is 5.97 Å². The van der Waals surface area contributed by atoms with E-state index in [1.807, 2.05) is 0 Å². The molecule has 0 aliphatic heterocycles. The molecule has 0 saturated carbocycles. The van der Waals surface area contributed by atoms with E-state index in [4.69, 9.17) is 0 Å². The van der Waals surface area contributed by atoms with E-state index in [0.29, 0.717) is 11.1 Å². The molecule has 0 bridgehead atoms. The van der Waals surface area contributed by atoms with Gasteiger partial charge in [-0.3, -0.25) is 9.59 Å². The van der Waals surface area contributed by atoms with Crippen molar-refractivity contribution in [2.24, 2.45) is 0 Å². The average molecular weight is 440 g/mol. The largest absolute Gasteiger partial charge is 0.469 e. The Kier molecular flexibility index (Phi) is 6.69. The van der Waals surface area contributed by atoms with Crippen molar-refractivity contribution in [3.8, 4) is 0 Å². The Labute approximate surface area is 160 Å². The van der Waals surface area contributed by atoms with Crippen molar-refractivity contribution in [3.63, 3.8) is 0 Å². The molecule has 2 rings (SSSR count). The molecule has 0 heterocycles. The number of halogens is 1. The maximum absolute atomic E-state index is 12.8. The predicted molar refractivity (Wildman–Crippen MR) is 100 cm³/mol. The minimum Gasteiger partial charge on any atom is -0.469 e. The van der Waals surface area contributed by atoms with Gasteiger partial charge in [0.25, 0.3) is 0 Å². The second-order valence-electron chi connectivity index (χ2n) is 5.59. The van der Waals surface area contributed by atoms with Gasteiger partial charge in [0.1, 0.15) is 0 Å². The number of rotatable bonds is 7. The van der Waals surface area contributed by atoms with Crippen LogP contribution in [-0.2, 0) is 19.6 Å². The van der Waals surface area contributed by atoms with Crippen LogP contribution in [0.2, 0.25) is 0 Å². The van der Waals surface area contributed by atoms with E-state index in [1.54, 1.807) is 30.3 Å². The molecular weight excluding hydrogens is 422 g/mol. The SMILES string of the molecule is COC(=O)C[C@H](NS(=O)(=O)c1cccc(C(C)=O)c1)c1cccc(Br)c1. The van der Waals surface area contributed by atoms with E-state index >= 15 is 0 Å². The lowest BCUT2D eigenvalue weighted by molar-refractivity contribution is -0.141. The smallest absolute Gasteiger partial charge is 0.307 e. The fourth-order valence-corrected chi connectivity index (χ4v) is 4.03. The summed E-state index contributed by atoms with van der Waals surface area (Å²) >= 11 is 3.33. The summed E-state index contributed by atoms with van der Waals surface area (Å²) in [6.45, 7) is 1.36. The minimum atomic E-state index is -3.96. The highest BCUT2D eigenvalue weighted by molar-refractivity contribution is 9.10. The number of methoxy groups -OCH3 is 1. The lowest BCUT2D eigenvalue weighted by Gasteiger charge is -2.19. The molecule has 138 valence electrons. The zero-order chi connectivity index (χ0) is 19.3. The molecule has 0 aromatic heterocycles. The maximum Gasteiger partial charge on any atom is 0.307 e. The first kappa shape index (κ1) is 20.3. The van der Waals surface area contributed by atoms with Crippen molar-refractivity contribution in [2.45, 2.75) is 24.3 Å². The van der Waals surface area contributed by atoms with Crippen LogP contribution >= 0.6 is 15.9 Å². The molecule has 1 atom stereocenters. The van der Waals surface area contributed by atoms with Crippen molar-refractivity contribution in [1.82, 2.24) is 4.72 Å². The summed E-state index contributed by atoms with van der Waals surface area (Å²) in [6, 6.07) is 11.9. The Hall–Kier alpha value is -2.03. The summed E-state index contributed by atoms with van der Waals surface area (Å²) in [5, 5.41) is 0. The molecule has 6 nitrogen and oxygen atoms in total. The summed E-state index contributed by atoms with van der Waals surface area (Å²) in [6.07, 6.45) is -0.168. The van der Waals surface area contributed by atoms with Gasteiger partial charge < -0.3 is 4.74 Å². The van der Waals surface area contributed by atoms with Gasteiger partial charge in [0.15, 0.2) is 5.78 Å². The number of carbonyl (C=O) groups is 2. The van der Waals surface area contributed by atoms with Crippen LogP contribution in [0.1, 0.15) is 35.3 Å². The van der Waals surface area contributed by atoms with Crippen LogP contribution in [0.5, 0.6) is 0 Å². The Balaban J connectivity index is 2.38. The topological polar surface area (TPSA) is 89.5 Å². The highest BCUT2D eigenvalue weighted by Gasteiger charge is 2.24. The molecule has 2 aromatic rings. The van der Waals surface area contributed by atoms with Crippen LogP contribution in [0.4, 0.5) is 0 Å². The third-order valence-corrected chi connectivity index (χ3v) is 5.66. The van der Waals surface area contributed by atoms with Crippen molar-refractivity contribution in [2.75, 3.05) is 7.11 Å². The Morgan fingerprint density at radius 3 is 2.46 bits per heavy atom. The van der Waals surface area contributed by atoms with E-state index in [1.165, 1.54) is 32.2 Å². The van der Waals surface area contributed by atoms with Gasteiger partial charge in [-0.15, -0.1) is 0 Å². The highest BCUT2D eigenvalue weighted by atomic mass is 79.9. The zero-order valence-electron chi connectivity index (χ0n) is 14.2. The number of ether oxygens (including phenoxy) is 1. The molecule has 0 unspecified atom stereocenters. The van der Waals surface area contributed by atoms with E-state index in [-0.39, 0.29) is 17.1 Å². The number of carbonyl (C=O) groups excluding carboxylic acids is 2. The van der Waals surface area contributed by atoms with Crippen LogP contribution in [0.25, 0.3) is 0 Å². The zero-order valence-corrected chi connectivity index (χ0v) is 16.6. The summed E-state index contributed by atoms with van der Waals surface area (Å²) in [7, 11) is -2.71. The van der Waals surface area contributed by atoms with Crippen molar-refractivity contribution in [1.29, 1.82) is 0 Å². The van der Waals surface area contributed by atoms with Gasteiger partial charge in [0.05, 0.1) is 24.5 Å². The second-order valence-corrected chi connectivity index (χ2v) is 8.22. The molecule has 0 aliphatic rings. The van der Waals surface area contributed by atoms with Gasteiger partial charge in [0.2, 0.25) is 10.0 Å². The number of benzene rings is 2. The summed E-state index contributed by atoms with van der Waals surface area (Å²) in [5.74, 6) is -0.782. The van der Waals surface area contributed by atoms with Gasteiger partial charge in [-0.1, -0.05) is 40.2 Å². The second kappa shape index (κ2) is 8.57. The molecule has 26 heavy (non-hydrogen) atoms. The monoisotopic (exact) mass is 439 g/mol. The van der Waals surface area contributed by atoms with Gasteiger partial charge in [-0.05, 0) is 36.8 Å². The predicted octanol–water partition coefficient (Wildman–Crippen LogP) is 3.23.